The van der Waals surface area contributed by atoms with E-state index in [2.05, 4.69) is 38.2 Å². The summed E-state index contributed by atoms with van der Waals surface area (Å²) in [7, 11) is 0. The summed E-state index contributed by atoms with van der Waals surface area (Å²) in [5.41, 5.74) is 0. The van der Waals surface area contributed by atoms with Gasteiger partial charge in [0, 0.05) is 12.8 Å². The Balaban J connectivity index is 3.39. The van der Waals surface area contributed by atoms with Crippen LogP contribution >= 0.6 is 0 Å². The molecule has 0 saturated carbocycles. The molecule has 0 saturated heterocycles. The third-order valence-electron chi connectivity index (χ3n) is 15.0. The Morgan fingerprint density at radius 1 is 0.324 bits per heavy atom. The van der Waals surface area contributed by atoms with Crippen LogP contribution in [-0.2, 0) is 19.1 Å². The first-order valence-corrected chi connectivity index (χ1v) is 32.4. The molecule has 0 aliphatic rings. The van der Waals surface area contributed by atoms with Crippen molar-refractivity contribution < 1.29 is 24.2 Å². The van der Waals surface area contributed by atoms with Crippen LogP contribution in [0.25, 0.3) is 0 Å². The molecule has 0 amide bonds. The highest BCUT2D eigenvalue weighted by molar-refractivity contribution is 5.70. The Morgan fingerprint density at radius 2 is 0.563 bits per heavy atom. The van der Waals surface area contributed by atoms with Gasteiger partial charge in [-0.1, -0.05) is 334 Å². The SMILES string of the molecule is CCCCCCC/C=C\C/C=C\CCCCCCCCCCCCCCCC(=O)OC(CO)COC(=O)CCCCCCCCCCCCCCCCCCCCCCCCCCCCCCCCCC. The van der Waals surface area contributed by atoms with E-state index in [0.717, 1.165) is 38.5 Å². The molecular formula is C66H126O5. The lowest BCUT2D eigenvalue weighted by Gasteiger charge is -2.15. The highest BCUT2D eigenvalue weighted by Crippen LogP contribution is 2.19. The molecular weight excluding hydrogens is 873 g/mol. The number of aliphatic hydroxyl groups excluding tert-OH is 1. The van der Waals surface area contributed by atoms with E-state index in [1.807, 2.05) is 0 Å². The predicted octanol–water partition coefficient (Wildman–Crippen LogP) is 22.0. The highest BCUT2D eigenvalue weighted by atomic mass is 16.6. The Bertz CT molecular complexity index is 1080. The van der Waals surface area contributed by atoms with Gasteiger partial charge in [-0.15, -0.1) is 0 Å². The maximum Gasteiger partial charge on any atom is 0.306 e. The van der Waals surface area contributed by atoms with Gasteiger partial charge in [0.05, 0.1) is 6.61 Å². The molecule has 0 heterocycles. The molecule has 1 N–H and O–H groups in total. The molecule has 0 rings (SSSR count). The van der Waals surface area contributed by atoms with Gasteiger partial charge in [0.25, 0.3) is 0 Å². The fourth-order valence-electron chi connectivity index (χ4n) is 10.1. The number of ether oxygens (including phenoxy) is 2. The number of hydrogen-bond donors (Lipinski definition) is 1. The zero-order valence-electron chi connectivity index (χ0n) is 48.3. The van der Waals surface area contributed by atoms with Crippen LogP contribution < -0.4 is 0 Å². The first kappa shape index (κ1) is 69.4. The van der Waals surface area contributed by atoms with Gasteiger partial charge >= 0.3 is 11.9 Å². The van der Waals surface area contributed by atoms with Crippen molar-refractivity contribution in [2.24, 2.45) is 0 Å². The summed E-state index contributed by atoms with van der Waals surface area (Å²) in [6.45, 7) is 4.19. The van der Waals surface area contributed by atoms with Crippen molar-refractivity contribution in [2.45, 2.75) is 373 Å². The van der Waals surface area contributed by atoms with Gasteiger partial charge < -0.3 is 14.6 Å². The van der Waals surface area contributed by atoms with E-state index in [0.29, 0.717) is 12.8 Å². The van der Waals surface area contributed by atoms with E-state index in [1.54, 1.807) is 0 Å². The minimum Gasteiger partial charge on any atom is -0.462 e. The summed E-state index contributed by atoms with van der Waals surface area (Å²) in [4.78, 5) is 24.6. The molecule has 0 radical (unpaired) electrons. The zero-order valence-corrected chi connectivity index (χ0v) is 48.3. The number of allylic oxidation sites excluding steroid dienone is 4. The molecule has 0 aromatic carbocycles. The predicted molar refractivity (Wildman–Crippen MR) is 311 cm³/mol. The molecule has 5 heteroatoms. The van der Waals surface area contributed by atoms with Crippen molar-refractivity contribution in [2.75, 3.05) is 13.2 Å². The first-order chi connectivity index (χ1) is 35.1. The summed E-state index contributed by atoms with van der Waals surface area (Å²) in [5.74, 6) is -0.569. The minimum atomic E-state index is -0.770. The van der Waals surface area contributed by atoms with E-state index in [-0.39, 0.29) is 25.2 Å². The van der Waals surface area contributed by atoms with Crippen LogP contribution in [0.4, 0.5) is 0 Å². The quantitative estimate of drug-likeness (QED) is 0.0373. The van der Waals surface area contributed by atoms with E-state index in [4.69, 9.17) is 9.47 Å². The molecule has 1 unspecified atom stereocenters. The van der Waals surface area contributed by atoms with Gasteiger partial charge in [0.2, 0.25) is 0 Å². The van der Waals surface area contributed by atoms with Crippen molar-refractivity contribution in [3.8, 4) is 0 Å². The lowest BCUT2D eigenvalue weighted by Crippen LogP contribution is -2.28. The molecule has 1 atom stereocenters. The van der Waals surface area contributed by atoms with Crippen molar-refractivity contribution in [3.05, 3.63) is 24.3 Å². The van der Waals surface area contributed by atoms with Gasteiger partial charge in [-0.2, -0.15) is 0 Å². The zero-order chi connectivity index (χ0) is 51.3. The van der Waals surface area contributed by atoms with E-state index < -0.39 is 6.10 Å². The second-order valence-electron chi connectivity index (χ2n) is 22.2. The number of aliphatic hydroxyl groups is 1. The Kier molecular flexibility index (Phi) is 61.2. The van der Waals surface area contributed by atoms with Crippen LogP contribution in [0.3, 0.4) is 0 Å². The molecule has 0 fully saturated rings. The fraction of sp³-hybridized carbons (Fsp3) is 0.909. The van der Waals surface area contributed by atoms with E-state index in [1.165, 1.54) is 302 Å². The van der Waals surface area contributed by atoms with Gasteiger partial charge in [-0.05, 0) is 44.9 Å². The highest BCUT2D eigenvalue weighted by Gasteiger charge is 2.16. The molecule has 71 heavy (non-hydrogen) atoms. The molecule has 5 nitrogen and oxygen atoms in total. The lowest BCUT2D eigenvalue weighted by molar-refractivity contribution is -0.161. The number of carbonyl (C=O) groups is 2. The van der Waals surface area contributed by atoms with Gasteiger partial charge in [0.1, 0.15) is 6.61 Å². The second-order valence-corrected chi connectivity index (χ2v) is 22.2. The maximum atomic E-state index is 12.3. The van der Waals surface area contributed by atoms with Crippen LogP contribution in [-0.4, -0.2) is 36.4 Å². The molecule has 0 aliphatic heterocycles. The van der Waals surface area contributed by atoms with Crippen molar-refractivity contribution in [3.63, 3.8) is 0 Å². The summed E-state index contributed by atoms with van der Waals surface area (Å²) in [6, 6.07) is 0. The van der Waals surface area contributed by atoms with Crippen LogP contribution in [0, 0.1) is 0 Å². The summed E-state index contributed by atoms with van der Waals surface area (Å²) < 4.78 is 10.7. The third kappa shape index (κ3) is 60.8. The second kappa shape index (κ2) is 62.7. The summed E-state index contributed by atoms with van der Waals surface area (Å²) >= 11 is 0. The number of carbonyl (C=O) groups excluding carboxylic acids is 2. The first-order valence-electron chi connectivity index (χ1n) is 32.4. The van der Waals surface area contributed by atoms with Crippen LogP contribution in [0.1, 0.15) is 367 Å². The standard InChI is InChI=1S/C66H126O5/c1-3-5-7-9-11-13-15-17-19-21-23-25-27-29-30-31-32-33-34-35-37-38-40-42-44-46-48-50-52-54-56-58-60-65(68)70-63-64(62-67)71-66(69)61-59-57-55-53-51-49-47-45-43-41-39-36-28-26-24-22-20-18-16-14-12-10-8-6-4-2/h16,18,22,24,64,67H,3-15,17,19-21,23,25-63H2,1-2H3/b18-16-,24-22-. The fourth-order valence-corrected chi connectivity index (χ4v) is 10.1. The maximum absolute atomic E-state index is 12.3. The monoisotopic (exact) mass is 999 g/mol. The average molecular weight is 1000 g/mol. The lowest BCUT2D eigenvalue weighted by atomic mass is 10.0. The van der Waals surface area contributed by atoms with Gasteiger partial charge in [0.15, 0.2) is 6.10 Å². The van der Waals surface area contributed by atoms with Gasteiger partial charge in [-0.25, -0.2) is 0 Å². The largest absolute Gasteiger partial charge is 0.462 e. The Hall–Kier alpha value is -1.62. The molecule has 0 spiro atoms. The smallest absolute Gasteiger partial charge is 0.306 e. The number of unbranched alkanes of at least 4 members (excludes halogenated alkanes) is 49. The van der Waals surface area contributed by atoms with E-state index in [9.17, 15) is 14.7 Å². The Morgan fingerprint density at radius 3 is 0.831 bits per heavy atom. The minimum absolute atomic E-state index is 0.0596. The number of rotatable bonds is 61. The van der Waals surface area contributed by atoms with Crippen LogP contribution in [0.15, 0.2) is 24.3 Å². The van der Waals surface area contributed by atoms with Crippen molar-refractivity contribution in [1.29, 1.82) is 0 Å². The van der Waals surface area contributed by atoms with Crippen molar-refractivity contribution >= 4 is 11.9 Å². The van der Waals surface area contributed by atoms with Crippen LogP contribution in [0.2, 0.25) is 0 Å². The summed E-state index contributed by atoms with van der Waals surface area (Å²) in [6.07, 6.45) is 80.5. The number of esters is 2. The van der Waals surface area contributed by atoms with Gasteiger partial charge in [-0.3, -0.25) is 9.59 Å². The third-order valence-corrected chi connectivity index (χ3v) is 15.0. The summed E-state index contributed by atoms with van der Waals surface area (Å²) in [5, 5.41) is 9.68. The molecule has 0 aromatic heterocycles. The van der Waals surface area contributed by atoms with Crippen LogP contribution in [0.5, 0.6) is 0 Å². The molecule has 0 aliphatic carbocycles. The molecule has 420 valence electrons. The molecule has 0 bridgehead atoms. The Labute approximate surface area is 444 Å². The normalized spacial score (nSPS) is 12.2. The molecule has 0 aromatic rings. The number of hydrogen-bond acceptors (Lipinski definition) is 5. The average Bonchev–Trinajstić information content (AvgIpc) is 3.37. The van der Waals surface area contributed by atoms with Crippen molar-refractivity contribution in [1.82, 2.24) is 0 Å². The topological polar surface area (TPSA) is 72.8 Å². The van der Waals surface area contributed by atoms with E-state index >= 15 is 0 Å².